The van der Waals surface area contributed by atoms with Crippen molar-refractivity contribution < 1.29 is 19.3 Å². The number of epoxide rings is 1. The van der Waals surface area contributed by atoms with Gasteiger partial charge in [0.25, 0.3) is 0 Å². The summed E-state index contributed by atoms with van der Waals surface area (Å²) in [7, 11) is -1.00. The lowest BCUT2D eigenvalue weighted by atomic mass is 10.4. The van der Waals surface area contributed by atoms with Crippen LogP contribution in [-0.2, 0) is 14.2 Å². The maximum Gasteiger partial charge on any atom is 0.104 e. The summed E-state index contributed by atoms with van der Waals surface area (Å²) in [6.07, 6.45) is 1.19. The number of hydrogen-bond donors (Lipinski definition) is 1. The van der Waals surface area contributed by atoms with E-state index in [2.05, 4.69) is 20.8 Å². The number of hydrogen-bond acceptors (Lipinski definition) is 4. The maximum atomic E-state index is 9.22. The van der Waals surface area contributed by atoms with Gasteiger partial charge in [-0.3, -0.25) is 0 Å². The minimum Gasteiger partial charge on any atom is -0.394 e. The Kier molecular flexibility index (Phi) is 8.96. The van der Waals surface area contributed by atoms with Gasteiger partial charge < -0.3 is 19.3 Å². The minimum absolute atomic E-state index is 0.0181. The van der Waals surface area contributed by atoms with Crippen molar-refractivity contribution in [3.8, 4) is 0 Å². The highest BCUT2D eigenvalue weighted by atomic mass is 28.3. The van der Waals surface area contributed by atoms with Gasteiger partial charge >= 0.3 is 0 Å². The molecule has 1 rings (SSSR count). The summed E-state index contributed by atoms with van der Waals surface area (Å²) in [5, 5.41) is 9.22. The largest absolute Gasteiger partial charge is 0.394 e. The quantitative estimate of drug-likeness (QED) is 0.323. The normalized spacial score (nSPS) is 20.1. The van der Waals surface area contributed by atoms with Crippen molar-refractivity contribution >= 4 is 8.07 Å². The van der Waals surface area contributed by atoms with E-state index < -0.39 is 8.07 Å². The lowest BCUT2D eigenvalue weighted by Crippen LogP contribution is -2.31. The van der Waals surface area contributed by atoms with Crippen LogP contribution in [0.5, 0.6) is 0 Å². The predicted octanol–water partition coefficient (Wildman–Crippen LogP) is 2.68. The molecule has 0 radical (unpaired) electrons. The fourth-order valence-corrected chi connectivity index (χ4v) is 6.06. The van der Waals surface area contributed by atoms with Crippen molar-refractivity contribution in [1.82, 2.24) is 0 Å². The smallest absolute Gasteiger partial charge is 0.104 e. The first-order valence-electron chi connectivity index (χ1n) is 8.11. The van der Waals surface area contributed by atoms with E-state index in [0.29, 0.717) is 13.2 Å². The molecule has 1 fully saturated rings. The van der Waals surface area contributed by atoms with E-state index in [0.717, 1.165) is 19.6 Å². The average molecular weight is 305 g/mol. The SMILES string of the molecule is CC[Si](CC)(CC)CCCOCC(CO)OCC1CO1. The number of ether oxygens (including phenoxy) is 3. The molecule has 1 saturated heterocycles. The Labute approximate surface area is 124 Å². The molecular weight excluding hydrogens is 272 g/mol. The molecule has 1 heterocycles. The lowest BCUT2D eigenvalue weighted by Gasteiger charge is -2.28. The molecule has 5 heteroatoms. The van der Waals surface area contributed by atoms with Crippen LogP contribution in [0.4, 0.5) is 0 Å². The van der Waals surface area contributed by atoms with Crippen LogP contribution in [0.15, 0.2) is 0 Å². The first kappa shape index (κ1) is 18.1. The van der Waals surface area contributed by atoms with Crippen molar-refractivity contribution in [2.75, 3.05) is 33.0 Å². The first-order chi connectivity index (χ1) is 9.69. The van der Waals surface area contributed by atoms with Crippen LogP contribution in [0.25, 0.3) is 0 Å². The molecule has 2 unspecified atom stereocenters. The van der Waals surface area contributed by atoms with Gasteiger partial charge in [-0.05, 0) is 6.42 Å². The van der Waals surface area contributed by atoms with E-state index in [-0.39, 0.29) is 18.8 Å². The lowest BCUT2D eigenvalue weighted by molar-refractivity contribution is -0.0460. The molecular formula is C15H32O4Si. The van der Waals surface area contributed by atoms with Gasteiger partial charge in [0, 0.05) is 6.61 Å². The third-order valence-corrected chi connectivity index (χ3v) is 10.6. The van der Waals surface area contributed by atoms with Crippen LogP contribution < -0.4 is 0 Å². The maximum absolute atomic E-state index is 9.22. The zero-order chi connectivity index (χ0) is 14.8. The van der Waals surface area contributed by atoms with Crippen molar-refractivity contribution in [1.29, 1.82) is 0 Å². The second-order valence-corrected chi connectivity index (χ2v) is 11.5. The molecule has 0 aliphatic carbocycles. The monoisotopic (exact) mass is 304 g/mol. The van der Waals surface area contributed by atoms with Crippen LogP contribution in [0.1, 0.15) is 27.2 Å². The van der Waals surface area contributed by atoms with Crippen molar-refractivity contribution in [2.45, 2.75) is 63.6 Å². The molecule has 1 N–H and O–H groups in total. The Bertz CT molecular complexity index is 234. The number of aliphatic hydroxyl groups excluding tert-OH is 1. The first-order valence-corrected chi connectivity index (χ1v) is 10.9. The van der Waals surface area contributed by atoms with Gasteiger partial charge in [0.2, 0.25) is 0 Å². The topological polar surface area (TPSA) is 51.2 Å². The Morgan fingerprint density at radius 1 is 1.25 bits per heavy atom. The number of rotatable bonds is 13. The summed E-state index contributed by atoms with van der Waals surface area (Å²) < 4.78 is 16.3. The van der Waals surface area contributed by atoms with Gasteiger partial charge in [0.1, 0.15) is 12.2 Å². The summed E-state index contributed by atoms with van der Waals surface area (Å²) >= 11 is 0. The fourth-order valence-electron chi connectivity index (χ4n) is 2.61. The Morgan fingerprint density at radius 2 is 1.90 bits per heavy atom. The van der Waals surface area contributed by atoms with E-state index in [4.69, 9.17) is 14.2 Å². The molecule has 0 aromatic carbocycles. The molecule has 1 aliphatic rings. The third-order valence-electron chi connectivity index (χ3n) is 4.67. The third kappa shape index (κ3) is 6.67. The van der Waals surface area contributed by atoms with Crippen LogP contribution >= 0.6 is 0 Å². The Hall–Kier alpha value is 0.0569. The highest BCUT2D eigenvalue weighted by Crippen LogP contribution is 2.26. The highest BCUT2D eigenvalue weighted by molar-refractivity contribution is 6.79. The van der Waals surface area contributed by atoms with E-state index in [1.807, 2.05) is 0 Å². The van der Waals surface area contributed by atoms with E-state index >= 15 is 0 Å². The van der Waals surface area contributed by atoms with Crippen molar-refractivity contribution in [2.24, 2.45) is 0 Å². The molecule has 0 saturated carbocycles. The molecule has 0 aromatic rings. The second-order valence-electron chi connectivity index (χ2n) is 5.83. The predicted molar refractivity (Wildman–Crippen MR) is 84.0 cm³/mol. The standard InChI is InChI=1S/C15H32O4Si/c1-4-20(5-2,6-3)9-7-8-17-11-14(10-16)18-12-15-13-19-15/h14-16H,4-13H2,1-3H3. The molecule has 20 heavy (non-hydrogen) atoms. The van der Waals surface area contributed by atoms with Gasteiger partial charge in [-0.2, -0.15) is 0 Å². The molecule has 1 aliphatic heterocycles. The summed E-state index contributed by atoms with van der Waals surface area (Å²) in [4.78, 5) is 0. The van der Waals surface area contributed by atoms with Crippen LogP contribution in [-0.4, -0.2) is 58.4 Å². The molecule has 0 bridgehead atoms. The number of aliphatic hydroxyl groups is 1. The molecule has 2 atom stereocenters. The fraction of sp³-hybridized carbons (Fsp3) is 1.00. The minimum atomic E-state index is -1.00. The van der Waals surface area contributed by atoms with Gasteiger partial charge in [-0.25, -0.2) is 0 Å². The van der Waals surface area contributed by atoms with Crippen LogP contribution in [0.3, 0.4) is 0 Å². The molecule has 4 nitrogen and oxygen atoms in total. The zero-order valence-electron chi connectivity index (χ0n) is 13.4. The summed E-state index contributed by atoms with van der Waals surface area (Å²) in [5.41, 5.74) is 0. The van der Waals surface area contributed by atoms with Crippen LogP contribution in [0, 0.1) is 0 Å². The zero-order valence-corrected chi connectivity index (χ0v) is 14.4. The van der Waals surface area contributed by atoms with Crippen LogP contribution in [0.2, 0.25) is 24.2 Å². The van der Waals surface area contributed by atoms with Crippen molar-refractivity contribution in [3.05, 3.63) is 0 Å². The Morgan fingerprint density at radius 3 is 2.40 bits per heavy atom. The van der Waals surface area contributed by atoms with Gasteiger partial charge in [-0.15, -0.1) is 0 Å². The molecule has 0 spiro atoms. The van der Waals surface area contributed by atoms with Crippen molar-refractivity contribution in [3.63, 3.8) is 0 Å². The average Bonchev–Trinajstić information content (AvgIpc) is 3.31. The van der Waals surface area contributed by atoms with Gasteiger partial charge in [0.05, 0.1) is 34.5 Å². The molecule has 120 valence electrons. The van der Waals surface area contributed by atoms with E-state index in [1.54, 1.807) is 0 Å². The summed E-state index contributed by atoms with van der Waals surface area (Å²) in [5.74, 6) is 0. The van der Waals surface area contributed by atoms with Gasteiger partial charge in [0.15, 0.2) is 0 Å². The van der Waals surface area contributed by atoms with E-state index in [1.165, 1.54) is 24.2 Å². The summed E-state index contributed by atoms with van der Waals surface area (Å²) in [6.45, 7) is 9.69. The van der Waals surface area contributed by atoms with Gasteiger partial charge in [-0.1, -0.05) is 44.9 Å². The van der Waals surface area contributed by atoms with E-state index in [9.17, 15) is 5.11 Å². The molecule has 0 amide bonds. The summed E-state index contributed by atoms with van der Waals surface area (Å²) in [6, 6.07) is 5.49. The molecule has 0 aromatic heterocycles. The Balaban J connectivity index is 2.06. The second kappa shape index (κ2) is 9.90. The highest BCUT2D eigenvalue weighted by Gasteiger charge is 2.26.